The SMILES string of the molecule is Cc1ccc(-n2cnnc2SCC(=O)Nc2ccccn2)cc1Cl. The first-order valence-corrected chi connectivity index (χ1v) is 8.50. The summed E-state index contributed by atoms with van der Waals surface area (Å²) in [5.41, 5.74) is 1.85. The molecule has 0 unspecified atom stereocenters. The minimum atomic E-state index is -0.157. The molecule has 1 amide bonds. The van der Waals surface area contributed by atoms with E-state index < -0.39 is 0 Å². The highest BCUT2D eigenvalue weighted by Crippen LogP contribution is 2.23. The molecule has 0 spiro atoms. The molecule has 1 aromatic carbocycles. The molecule has 0 saturated carbocycles. The predicted molar refractivity (Wildman–Crippen MR) is 94.7 cm³/mol. The highest BCUT2D eigenvalue weighted by atomic mass is 35.5. The van der Waals surface area contributed by atoms with Gasteiger partial charge in [-0.1, -0.05) is 35.5 Å². The summed E-state index contributed by atoms with van der Waals surface area (Å²) in [4.78, 5) is 16.1. The van der Waals surface area contributed by atoms with Crippen molar-refractivity contribution >= 4 is 35.1 Å². The van der Waals surface area contributed by atoms with E-state index in [-0.39, 0.29) is 11.7 Å². The quantitative estimate of drug-likeness (QED) is 0.707. The number of halogens is 1. The molecule has 8 heteroatoms. The summed E-state index contributed by atoms with van der Waals surface area (Å²) in [6, 6.07) is 11.0. The van der Waals surface area contributed by atoms with Gasteiger partial charge in [-0.3, -0.25) is 9.36 Å². The fraction of sp³-hybridized carbons (Fsp3) is 0.125. The second kappa shape index (κ2) is 7.46. The molecule has 0 saturated heterocycles. The lowest BCUT2D eigenvalue weighted by Crippen LogP contribution is -2.15. The van der Waals surface area contributed by atoms with Crippen molar-refractivity contribution in [1.82, 2.24) is 19.7 Å². The number of aromatic nitrogens is 4. The van der Waals surface area contributed by atoms with E-state index in [1.54, 1.807) is 29.2 Å². The molecular weight excluding hydrogens is 346 g/mol. The van der Waals surface area contributed by atoms with Gasteiger partial charge in [0.2, 0.25) is 5.91 Å². The van der Waals surface area contributed by atoms with Crippen molar-refractivity contribution in [2.75, 3.05) is 11.1 Å². The normalized spacial score (nSPS) is 10.6. The Morgan fingerprint density at radius 3 is 2.96 bits per heavy atom. The predicted octanol–water partition coefficient (Wildman–Crippen LogP) is 3.35. The maximum absolute atomic E-state index is 12.0. The van der Waals surface area contributed by atoms with Gasteiger partial charge in [-0.15, -0.1) is 10.2 Å². The van der Waals surface area contributed by atoms with Crippen LogP contribution in [0, 0.1) is 6.92 Å². The van der Waals surface area contributed by atoms with Gasteiger partial charge in [-0.05, 0) is 36.8 Å². The summed E-state index contributed by atoms with van der Waals surface area (Å²) in [5, 5.41) is 12.0. The molecule has 122 valence electrons. The van der Waals surface area contributed by atoms with E-state index in [0.717, 1.165) is 11.3 Å². The van der Waals surface area contributed by atoms with E-state index in [1.807, 2.05) is 31.2 Å². The number of thioether (sulfide) groups is 1. The van der Waals surface area contributed by atoms with Crippen LogP contribution in [0.15, 0.2) is 54.1 Å². The first-order valence-electron chi connectivity index (χ1n) is 7.14. The highest BCUT2D eigenvalue weighted by Gasteiger charge is 2.11. The van der Waals surface area contributed by atoms with Crippen molar-refractivity contribution in [3.63, 3.8) is 0 Å². The lowest BCUT2D eigenvalue weighted by molar-refractivity contribution is -0.113. The number of hydrogen-bond donors (Lipinski definition) is 1. The molecule has 3 aromatic rings. The Bertz CT molecular complexity index is 853. The van der Waals surface area contributed by atoms with E-state index in [2.05, 4.69) is 20.5 Å². The van der Waals surface area contributed by atoms with Crippen molar-refractivity contribution < 1.29 is 4.79 Å². The second-order valence-corrected chi connectivity index (χ2v) is 6.32. The van der Waals surface area contributed by atoms with Crippen LogP contribution in [0.4, 0.5) is 5.82 Å². The fourth-order valence-corrected chi connectivity index (χ4v) is 2.88. The number of aryl methyl sites for hydroxylation is 1. The van der Waals surface area contributed by atoms with Crippen molar-refractivity contribution in [3.8, 4) is 5.69 Å². The topological polar surface area (TPSA) is 72.7 Å². The Hall–Kier alpha value is -2.38. The zero-order chi connectivity index (χ0) is 16.9. The van der Waals surface area contributed by atoms with Crippen LogP contribution in [0.5, 0.6) is 0 Å². The minimum Gasteiger partial charge on any atom is -0.310 e. The summed E-state index contributed by atoms with van der Waals surface area (Å²) in [6.45, 7) is 1.94. The Morgan fingerprint density at radius 2 is 2.21 bits per heavy atom. The smallest absolute Gasteiger partial charge is 0.236 e. The number of nitrogens with one attached hydrogen (secondary N) is 1. The first-order chi connectivity index (χ1) is 11.6. The van der Waals surface area contributed by atoms with Crippen LogP contribution in [-0.2, 0) is 4.79 Å². The average Bonchev–Trinajstić information content (AvgIpc) is 3.05. The first kappa shape index (κ1) is 16.5. The Balaban J connectivity index is 1.67. The standard InChI is InChI=1S/C16H14ClN5OS/c1-11-5-6-12(8-13(11)17)22-10-19-21-16(22)24-9-15(23)20-14-4-2-3-7-18-14/h2-8,10H,9H2,1H3,(H,18,20,23). The number of rotatable bonds is 5. The maximum atomic E-state index is 12.0. The second-order valence-electron chi connectivity index (χ2n) is 4.97. The third kappa shape index (κ3) is 3.93. The van der Waals surface area contributed by atoms with Gasteiger partial charge in [0.15, 0.2) is 5.16 Å². The van der Waals surface area contributed by atoms with Crippen molar-refractivity contribution in [2.45, 2.75) is 12.1 Å². The van der Waals surface area contributed by atoms with Gasteiger partial charge < -0.3 is 5.32 Å². The van der Waals surface area contributed by atoms with Gasteiger partial charge in [-0.2, -0.15) is 0 Å². The summed E-state index contributed by atoms with van der Waals surface area (Å²) in [6.07, 6.45) is 3.22. The third-order valence-corrected chi connectivity index (χ3v) is 4.57. The van der Waals surface area contributed by atoms with Gasteiger partial charge in [0.05, 0.1) is 11.4 Å². The monoisotopic (exact) mass is 359 g/mol. The van der Waals surface area contributed by atoms with Crippen molar-refractivity contribution in [2.24, 2.45) is 0 Å². The van der Waals surface area contributed by atoms with E-state index in [9.17, 15) is 4.79 Å². The largest absolute Gasteiger partial charge is 0.310 e. The molecule has 2 heterocycles. The molecule has 1 N–H and O–H groups in total. The van der Waals surface area contributed by atoms with E-state index in [0.29, 0.717) is 16.0 Å². The molecule has 0 atom stereocenters. The summed E-state index contributed by atoms with van der Waals surface area (Å²) >= 11 is 7.46. The number of amides is 1. The molecule has 0 aliphatic carbocycles. The fourth-order valence-electron chi connectivity index (χ4n) is 1.98. The van der Waals surface area contributed by atoms with Crippen LogP contribution in [0.2, 0.25) is 5.02 Å². The van der Waals surface area contributed by atoms with Gasteiger partial charge >= 0.3 is 0 Å². The van der Waals surface area contributed by atoms with Gasteiger partial charge in [0.25, 0.3) is 0 Å². The molecule has 3 rings (SSSR count). The summed E-state index contributed by atoms with van der Waals surface area (Å²) in [5.74, 6) is 0.569. The average molecular weight is 360 g/mol. The number of pyridine rings is 1. The van der Waals surface area contributed by atoms with Gasteiger partial charge in [0.1, 0.15) is 12.1 Å². The zero-order valence-electron chi connectivity index (χ0n) is 12.8. The summed E-state index contributed by atoms with van der Waals surface area (Å²) in [7, 11) is 0. The Kier molecular flexibility index (Phi) is 5.12. The molecular formula is C16H14ClN5OS. The van der Waals surface area contributed by atoms with Crippen molar-refractivity contribution in [3.05, 3.63) is 59.5 Å². The van der Waals surface area contributed by atoms with Crippen LogP contribution in [0.1, 0.15) is 5.56 Å². The minimum absolute atomic E-state index is 0.157. The van der Waals surface area contributed by atoms with E-state index in [1.165, 1.54) is 11.8 Å². The number of benzene rings is 1. The number of anilines is 1. The zero-order valence-corrected chi connectivity index (χ0v) is 14.4. The maximum Gasteiger partial charge on any atom is 0.236 e. The van der Waals surface area contributed by atoms with Crippen molar-refractivity contribution in [1.29, 1.82) is 0 Å². The molecule has 0 bridgehead atoms. The Labute approximate surface area is 148 Å². The van der Waals surface area contributed by atoms with Crippen LogP contribution in [0.3, 0.4) is 0 Å². The van der Waals surface area contributed by atoms with Crippen LogP contribution in [0.25, 0.3) is 5.69 Å². The van der Waals surface area contributed by atoms with Crippen LogP contribution in [-0.4, -0.2) is 31.4 Å². The number of hydrogen-bond acceptors (Lipinski definition) is 5. The molecule has 0 aliphatic rings. The number of carbonyl (C=O) groups excluding carboxylic acids is 1. The molecule has 24 heavy (non-hydrogen) atoms. The lowest BCUT2D eigenvalue weighted by Gasteiger charge is -2.08. The Morgan fingerprint density at radius 1 is 1.33 bits per heavy atom. The van der Waals surface area contributed by atoms with Crippen LogP contribution >= 0.6 is 23.4 Å². The third-order valence-electron chi connectivity index (χ3n) is 3.21. The molecule has 0 aliphatic heterocycles. The highest BCUT2D eigenvalue weighted by molar-refractivity contribution is 7.99. The number of nitrogens with zero attached hydrogens (tertiary/aromatic N) is 4. The summed E-state index contributed by atoms with van der Waals surface area (Å²) < 4.78 is 1.80. The van der Waals surface area contributed by atoms with Crippen LogP contribution < -0.4 is 5.32 Å². The van der Waals surface area contributed by atoms with E-state index in [4.69, 9.17) is 11.6 Å². The molecule has 0 fully saturated rings. The number of carbonyl (C=O) groups is 1. The molecule has 0 radical (unpaired) electrons. The van der Waals surface area contributed by atoms with Gasteiger partial charge in [0, 0.05) is 11.2 Å². The molecule has 2 aromatic heterocycles. The van der Waals surface area contributed by atoms with E-state index >= 15 is 0 Å². The van der Waals surface area contributed by atoms with Gasteiger partial charge in [-0.25, -0.2) is 4.98 Å². The lowest BCUT2D eigenvalue weighted by atomic mass is 10.2. The molecule has 6 nitrogen and oxygen atoms in total.